The molecule has 0 bridgehead atoms. The van der Waals surface area contributed by atoms with E-state index in [9.17, 15) is 29.5 Å². The molecule has 0 spiro atoms. The highest BCUT2D eigenvalue weighted by Crippen LogP contribution is 2.53. The lowest BCUT2D eigenvalue weighted by molar-refractivity contribution is -0.119. The lowest BCUT2D eigenvalue weighted by Crippen LogP contribution is -2.46. The van der Waals surface area contributed by atoms with E-state index >= 15 is 0 Å². The number of hydrogen-bond donors (Lipinski definition) is 4. The van der Waals surface area contributed by atoms with Gasteiger partial charge in [0.25, 0.3) is 0 Å². The highest BCUT2D eigenvalue weighted by atomic mass is 32.2. The number of rotatable bonds is 11. The third-order valence-electron chi connectivity index (χ3n) is 6.11. The molecule has 0 saturated carbocycles. The Morgan fingerprint density at radius 3 is 2.68 bits per heavy atom. The number of aromatic nitrogens is 2. The van der Waals surface area contributed by atoms with Crippen molar-refractivity contribution in [2.24, 2.45) is 5.41 Å². The van der Waals surface area contributed by atoms with Crippen molar-refractivity contribution in [2.75, 3.05) is 57.6 Å². The van der Waals surface area contributed by atoms with Crippen molar-refractivity contribution in [1.82, 2.24) is 14.2 Å². The number of hydrogen-bond acceptors (Lipinski definition) is 13. The summed E-state index contributed by atoms with van der Waals surface area (Å²) in [7, 11) is -3.92. The molecule has 2 saturated heterocycles. The Morgan fingerprint density at radius 2 is 2.05 bits per heavy atom. The van der Waals surface area contributed by atoms with Gasteiger partial charge in [0.2, 0.25) is 0 Å². The minimum absolute atomic E-state index is 0.0114. The lowest BCUT2D eigenvalue weighted by atomic mass is 9.96. The summed E-state index contributed by atoms with van der Waals surface area (Å²) in [6.45, 7) is 4.86. The Bertz CT molecular complexity index is 1050. The van der Waals surface area contributed by atoms with Crippen molar-refractivity contribution in [1.29, 1.82) is 0 Å². The summed E-state index contributed by atoms with van der Waals surface area (Å²) in [5.74, 6) is 0.162. The van der Waals surface area contributed by atoms with Crippen molar-refractivity contribution >= 4 is 30.4 Å². The second-order valence-electron chi connectivity index (χ2n) is 9.58. The number of nitrogen functional groups attached to an aromatic ring is 1. The molecule has 0 amide bonds. The largest absolute Gasteiger partial charge is 0.408 e. The molecule has 14 nitrogen and oxygen atoms in total. The number of aliphatic hydroxyl groups excluding tert-OH is 2. The van der Waals surface area contributed by atoms with Gasteiger partial charge < -0.3 is 30.5 Å². The molecule has 0 aromatic carbocycles. The maximum Gasteiger partial charge on any atom is 0.408 e. The van der Waals surface area contributed by atoms with Crippen LogP contribution < -0.4 is 11.4 Å². The maximum atomic E-state index is 13.7. The zero-order valence-corrected chi connectivity index (χ0v) is 22.7. The van der Waals surface area contributed by atoms with E-state index < -0.39 is 49.5 Å². The Labute approximate surface area is 218 Å². The predicted octanol–water partition coefficient (Wildman–Crippen LogP) is -0.413. The van der Waals surface area contributed by atoms with Crippen LogP contribution in [0, 0.1) is 5.41 Å². The van der Waals surface area contributed by atoms with Crippen molar-refractivity contribution < 1.29 is 43.2 Å². The number of thioether (sulfide) groups is 1. The fraction of sp³-hybridized carbons (Fsp3) is 0.762. The quantitative estimate of drug-likeness (QED) is 0.199. The molecule has 3 rings (SSSR count). The van der Waals surface area contributed by atoms with Crippen LogP contribution in [0.2, 0.25) is 0 Å². The summed E-state index contributed by atoms with van der Waals surface area (Å²) < 4.78 is 38.6. The number of anilines is 1. The Kier molecular flexibility index (Phi) is 9.94. The molecular weight excluding hydrogens is 531 g/mol. The minimum atomic E-state index is -3.92. The summed E-state index contributed by atoms with van der Waals surface area (Å²) >= 11 is 0.950. The summed E-state index contributed by atoms with van der Waals surface area (Å²) in [4.78, 5) is 28.1. The predicted molar refractivity (Wildman–Crippen MR) is 134 cm³/mol. The van der Waals surface area contributed by atoms with E-state index in [0.29, 0.717) is 13.2 Å². The van der Waals surface area contributed by atoms with E-state index in [1.807, 2.05) is 0 Å². The monoisotopic (exact) mass is 566 g/mol. The Hall–Kier alpha value is -1.39. The Balaban J connectivity index is 1.68. The summed E-state index contributed by atoms with van der Waals surface area (Å²) in [6, 6.07) is 1.35. The topological polar surface area (TPSA) is 196 Å². The van der Waals surface area contributed by atoms with Gasteiger partial charge in [0.15, 0.2) is 11.3 Å². The highest BCUT2D eigenvalue weighted by Gasteiger charge is 2.54. The van der Waals surface area contributed by atoms with Crippen LogP contribution in [0.1, 0.15) is 27.0 Å². The van der Waals surface area contributed by atoms with E-state index in [1.54, 1.807) is 13.8 Å². The van der Waals surface area contributed by atoms with Gasteiger partial charge in [-0.05, 0) is 26.8 Å². The fourth-order valence-electron chi connectivity index (χ4n) is 3.70. The lowest BCUT2D eigenvalue weighted by Gasteiger charge is -2.33. The van der Waals surface area contributed by atoms with Gasteiger partial charge in [0.05, 0.1) is 38.4 Å². The summed E-state index contributed by atoms with van der Waals surface area (Å²) in [5, 5.41) is 30.7. The third-order valence-corrected chi connectivity index (χ3v) is 9.38. The second-order valence-corrected chi connectivity index (χ2v) is 12.7. The smallest absolute Gasteiger partial charge is 0.395 e. The van der Waals surface area contributed by atoms with Gasteiger partial charge in [-0.1, -0.05) is 11.8 Å². The number of ether oxygens (including phenoxy) is 2. The molecule has 2 aliphatic rings. The van der Waals surface area contributed by atoms with Gasteiger partial charge in [-0.3, -0.25) is 18.4 Å². The van der Waals surface area contributed by atoms with E-state index in [0.717, 1.165) is 16.3 Å². The molecule has 3 heterocycles. The van der Waals surface area contributed by atoms with Gasteiger partial charge >= 0.3 is 13.4 Å². The number of carbonyl (C=O) groups is 1. The van der Waals surface area contributed by atoms with Crippen LogP contribution in [0.4, 0.5) is 5.82 Å². The molecule has 5 atom stereocenters. The van der Waals surface area contributed by atoms with Gasteiger partial charge in [0.1, 0.15) is 23.6 Å². The number of carbonyl (C=O) groups excluding carboxylic acids is 1. The van der Waals surface area contributed by atoms with E-state index in [-0.39, 0.29) is 43.0 Å². The van der Waals surface area contributed by atoms with Crippen LogP contribution in [-0.2, 0) is 27.9 Å². The first kappa shape index (κ1) is 30.2. The fourth-order valence-corrected chi connectivity index (χ4v) is 6.34. The summed E-state index contributed by atoms with van der Waals surface area (Å²) in [5.41, 5.74) is 1.92. The molecule has 2 aliphatic heterocycles. The first-order valence-electron chi connectivity index (χ1n) is 11.7. The van der Waals surface area contributed by atoms with Crippen molar-refractivity contribution in [2.45, 2.75) is 44.8 Å². The molecule has 0 radical (unpaired) electrons. The average Bonchev–Trinajstić information content (AvgIpc) is 3.09. The van der Waals surface area contributed by atoms with Gasteiger partial charge in [-0.2, -0.15) is 4.98 Å². The molecule has 1 aromatic heterocycles. The van der Waals surface area contributed by atoms with Crippen LogP contribution in [0.25, 0.3) is 0 Å². The van der Waals surface area contributed by atoms with Crippen LogP contribution in [0.5, 0.6) is 0 Å². The molecule has 210 valence electrons. The summed E-state index contributed by atoms with van der Waals surface area (Å²) in [6.07, 6.45) is -2.69. The third kappa shape index (κ3) is 6.98. The minimum Gasteiger partial charge on any atom is -0.395 e. The number of morpholine rings is 1. The van der Waals surface area contributed by atoms with Crippen LogP contribution >= 0.6 is 19.5 Å². The molecule has 16 heteroatoms. The molecule has 2 fully saturated rings. The van der Waals surface area contributed by atoms with Crippen LogP contribution in [0.15, 0.2) is 17.1 Å². The van der Waals surface area contributed by atoms with E-state index in [1.165, 1.54) is 23.9 Å². The molecular formula is C21H35N4O10PS. The standard InChI is InChI=1S/C21H35N4O10PS/c1-20(2,13-26)18(28)37-11-10-33-36(31,24-6-8-32-9-7-24)34-12-14-16(27)21(3,30)17(35-14)25-5-4-15(22)23-19(25)29/h4-5,14,16-17,26-27,30H,6-13H2,1-3H3,(H2,22,23,29)/t14-,16?,17-,21?,36?/m1/s1. The number of nitrogens with zero attached hydrogens (tertiary/aromatic N) is 3. The highest BCUT2D eigenvalue weighted by molar-refractivity contribution is 8.13. The maximum absolute atomic E-state index is 13.7. The van der Waals surface area contributed by atoms with E-state index in [2.05, 4.69) is 4.98 Å². The number of aliphatic hydroxyl groups is 3. The Morgan fingerprint density at radius 1 is 1.38 bits per heavy atom. The van der Waals surface area contributed by atoms with Crippen LogP contribution in [-0.4, -0.2) is 104 Å². The molecule has 0 aliphatic carbocycles. The molecule has 3 unspecified atom stereocenters. The van der Waals surface area contributed by atoms with Gasteiger partial charge in [0, 0.05) is 25.0 Å². The van der Waals surface area contributed by atoms with Gasteiger partial charge in [-0.15, -0.1) is 0 Å². The first-order chi connectivity index (χ1) is 17.3. The second kappa shape index (κ2) is 12.2. The first-order valence-corrected chi connectivity index (χ1v) is 14.2. The van der Waals surface area contributed by atoms with Crippen LogP contribution in [0.3, 0.4) is 0 Å². The number of nitrogens with two attached hydrogens (primary N) is 1. The zero-order valence-electron chi connectivity index (χ0n) is 21.0. The molecule has 1 aromatic rings. The van der Waals surface area contributed by atoms with Crippen molar-refractivity contribution in [3.63, 3.8) is 0 Å². The zero-order chi connectivity index (χ0) is 27.4. The normalized spacial score (nSPS) is 28.8. The SMILES string of the molecule is CC(C)(CO)C(=O)SCCOP(=O)(OC[C@H]1O[C@@H](n2ccc(N)nc2=O)C(C)(O)C1O)N1CCOCC1. The molecule has 5 N–H and O–H groups in total. The average molecular weight is 567 g/mol. The van der Waals surface area contributed by atoms with Crippen molar-refractivity contribution in [3.8, 4) is 0 Å². The van der Waals surface area contributed by atoms with E-state index in [4.69, 9.17) is 24.3 Å². The molecule has 37 heavy (non-hydrogen) atoms. The van der Waals surface area contributed by atoms with Gasteiger partial charge in [-0.25, -0.2) is 14.0 Å². The van der Waals surface area contributed by atoms with Crippen molar-refractivity contribution in [3.05, 3.63) is 22.7 Å².